The fourth-order valence-electron chi connectivity index (χ4n) is 4.69. The monoisotopic (exact) mass is 458 g/mol. The van der Waals surface area contributed by atoms with Crippen LogP contribution in [0.3, 0.4) is 0 Å². The molecule has 9 heteroatoms. The molecule has 1 amide bonds. The first kappa shape index (κ1) is 28.3. The normalized spacial score (nSPS) is 30.1. The first-order valence-corrected chi connectivity index (χ1v) is 11.0. The van der Waals surface area contributed by atoms with Crippen molar-refractivity contribution in [2.45, 2.75) is 51.6 Å². The lowest BCUT2D eigenvalue weighted by atomic mass is 9.94. The van der Waals surface area contributed by atoms with Gasteiger partial charge in [0, 0.05) is 38.8 Å². The molecule has 0 saturated carbocycles. The molecular weight excluding hydrogens is 416 g/mol. The van der Waals surface area contributed by atoms with Gasteiger partial charge in [0.05, 0.1) is 44.8 Å². The lowest BCUT2D eigenvalue weighted by Gasteiger charge is -2.35. The van der Waals surface area contributed by atoms with Gasteiger partial charge in [-0.15, -0.1) is 0 Å². The van der Waals surface area contributed by atoms with Gasteiger partial charge >= 0.3 is 11.9 Å². The van der Waals surface area contributed by atoms with E-state index in [0.717, 1.165) is 13.0 Å². The van der Waals surface area contributed by atoms with Gasteiger partial charge in [0.1, 0.15) is 0 Å². The van der Waals surface area contributed by atoms with Crippen molar-refractivity contribution in [3.05, 3.63) is 0 Å². The maximum absolute atomic E-state index is 12.2. The second kappa shape index (κ2) is 12.0. The van der Waals surface area contributed by atoms with E-state index in [1.54, 1.807) is 19.1 Å². The van der Waals surface area contributed by atoms with Crippen molar-refractivity contribution in [3.8, 4) is 0 Å². The molecule has 0 aromatic carbocycles. The summed E-state index contributed by atoms with van der Waals surface area (Å²) in [6.45, 7) is 10.0. The molecule has 2 saturated heterocycles. The van der Waals surface area contributed by atoms with E-state index in [4.69, 9.17) is 18.9 Å². The van der Waals surface area contributed by atoms with Crippen molar-refractivity contribution in [3.63, 3.8) is 0 Å². The molecule has 2 aliphatic rings. The van der Waals surface area contributed by atoms with Crippen LogP contribution in [0.25, 0.3) is 0 Å². The Morgan fingerprint density at radius 2 is 1.28 bits per heavy atom. The van der Waals surface area contributed by atoms with Gasteiger partial charge in [-0.2, -0.15) is 0 Å². The minimum atomic E-state index is -0.422. The lowest BCUT2D eigenvalue weighted by molar-refractivity contribution is -0.146. The van der Waals surface area contributed by atoms with Crippen LogP contribution < -0.4 is 0 Å². The first-order chi connectivity index (χ1) is 14.9. The molecule has 0 radical (unpaired) electrons. The number of rotatable bonds is 7. The molecule has 2 fully saturated rings. The van der Waals surface area contributed by atoms with Crippen LogP contribution in [0.15, 0.2) is 0 Å². The number of nitrogens with zero attached hydrogens (tertiary/aromatic N) is 2. The molecule has 0 unspecified atom stereocenters. The van der Waals surface area contributed by atoms with Gasteiger partial charge in [0.2, 0.25) is 5.91 Å². The van der Waals surface area contributed by atoms with E-state index >= 15 is 0 Å². The Labute approximate surface area is 192 Å². The summed E-state index contributed by atoms with van der Waals surface area (Å²) >= 11 is 0. The van der Waals surface area contributed by atoms with E-state index < -0.39 is 5.54 Å². The summed E-state index contributed by atoms with van der Waals surface area (Å²) in [5.74, 6) is -0.658. The summed E-state index contributed by atoms with van der Waals surface area (Å²) in [7, 11) is 8.12. The van der Waals surface area contributed by atoms with E-state index in [2.05, 4.69) is 11.8 Å². The number of hydrogen-bond donors (Lipinski definition) is 0. The summed E-state index contributed by atoms with van der Waals surface area (Å²) in [5, 5.41) is 0. The minimum absolute atomic E-state index is 0.00912. The molecule has 2 heterocycles. The minimum Gasteiger partial charge on any atom is -0.469 e. The van der Waals surface area contributed by atoms with Crippen LogP contribution in [0.4, 0.5) is 0 Å². The Hall–Kier alpha value is -1.71. The number of esters is 2. The third-order valence-corrected chi connectivity index (χ3v) is 6.58. The Kier molecular flexibility index (Phi) is 10.6. The average molecular weight is 459 g/mol. The van der Waals surface area contributed by atoms with Crippen molar-refractivity contribution in [1.82, 2.24) is 9.80 Å². The number of amides is 1. The van der Waals surface area contributed by atoms with Crippen LogP contribution in [-0.4, -0.2) is 101 Å². The molecule has 0 aromatic rings. The highest BCUT2D eigenvalue weighted by atomic mass is 16.5. The van der Waals surface area contributed by atoms with Crippen molar-refractivity contribution in [1.29, 1.82) is 0 Å². The fraction of sp³-hybridized carbons (Fsp3) is 0.870. The van der Waals surface area contributed by atoms with Gasteiger partial charge in [0.25, 0.3) is 0 Å². The zero-order chi connectivity index (χ0) is 24.7. The van der Waals surface area contributed by atoms with E-state index in [1.807, 2.05) is 27.8 Å². The van der Waals surface area contributed by atoms with Crippen LogP contribution in [0, 0.1) is 17.8 Å². The summed E-state index contributed by atoms with van der Waals surface area (Å²) < 4.78 is 19.9. The highest BCUT2D eigenvalue weighted by molar-refractivity contribution is 5.81. The highest BCUT2D eigenvalue weighted by Gasteiger charge is 2.47. The predicted molar refractivity (Wildman–Crippen MR) is 120 cm³/mol. The van der Waals surface area contributed by atoms with Gasteiger partial charge in [-0.3, -0.25) is 19.3 Å². The van der Waals surface area contributed by atoms with Gasteiger partial charge in [-0.25, -0.2) is 0 Å². The smallest absolute Gasteiger partial charge is 0.310 e. The van der Waals surface area contributed by atoms with Gasteiger partial charge in [-0.1, -0.05) is 13.8 Å². The van der Waals surface area contributed by atoms with E-state index in [-0.39, 0.29) is 41.1 Å². The summed E-state index contributed by atoms with van der Waals surface area (Å²) in [6.07, 6.45) is 1.40. The number of likely N-dealkylation sites (N-methyl/N-ethyl adjacent to an activating group) is 1. The molecule has 4 atom stereocenters. The largest absolute Gasteiger partial charge is 0.469 e. The van der Waals surface area contributed by atoms with Crippen molar-refractivity contribution >= 4 is 17.8 Å². The van der Waals surface area contributed by atoms with Crippen molar-refractivity contribution in [2.24, 2.45) is 17.8 Å². The first-order valence-electron chi connectivity index (χ1n) is 11.0. The lowest BCUT2D eigenvalue weighted by Crippen LogP contribution is -2.49. The second-order valence-corrected chi connectivity index (χ2v) is 9.69. The van der Waals surface area contributed by atoms with Crippen molar-refractivity contribution < 1.29 is 33.3 Å². The molecule has 0 N–H and O–H groups in total. The quantitative estimate of drug-likeness (QED) is 0.531. The molecule has 32 heavy (non-hydrogen) atoms. The average Bonchev–Trinajstić information content (AvgIpc) is 3.23. The Balaban J connectivity index is 0.000000330. The molecule has 0 aromatic heterocycles. The zero-order valence-electron chi connectivity index (χ0n) is 21.2. The number of hydrogen-bond acceptors (Lipinski definition) is 8. The van der Waals surface area contributed by atoms with Crippen LogP contribution in [0.5, 0.6) is 0 Å². The SMILES string of the molecule is COC[C@]1(C)C[C@H](C(=O)OC)CN1C.COC[C@]1(C)C[C@H](C(=O)OC)CN1C(=O)C(C)C. The van der Waals surface area contributed by atoms with Gasteiger partial charge in [-0.05, 0) is 33.7 Å². The Morgan fingerprint density at radius 3 is 1.72 bits per heavy atom. The third-order valence-electron chi connectivity index (χ3n) is 6.58. The van der Waals surface area contributed by atoms with Gasteiger partial charge in [0.15, 0.2) is 0 Å². The summed E-state index contributed by atoms with van der Waals surface area (Å²) in [5.41, 5.74) is -0.456. The topological polar surface area (TPSA) is 94.6 Å². The van der Waals surface area contributed by atoms with Crippen LogP contribution in [-0.2, 0) is 33.3 Å². The van der Waals surface area contributed by atoms with Crippen LogP contribution in [0.1, 0.15) is 40.5 Å². The molecule has 186 valence electrons. The van der Waals surface area contributed by atoms with E-state index in [0.29, 0.717) is 26.2 Å². The summed E-state index contributed by atoms with van der Waals surface area (Å²) in [6, 6.07) is 0. The number of methoxy groups -OCH3 is 4. The zero-order valence-corrected chi connectivity index (χ0v) is 21.2. The van der Waals surface area contributed by atoms with E-state index in [9.17, 15) is 14.4 Å². The number of carbonyl (C=O) groups excluding carboxylic acids is 3. The molecule has 0 spiro atoms. The standard InChI is InChI=1S/C13H23NO4.C10H19NO3/c1-9(2)11(15)14-7-10(12(16)18-5)6-13(14,3)8-17-4;1-10(7-13-3)5-8(6-11(10)2)9(12)14-4/h9-10H,6-8H2,1-5H3;8H,5-7H2,1-4H3/t10-,13-;8-,10-/m00/s1. The molecule has 2 rings (SSSR count). The second-order valence-electron chi connectivity index (χ2n) is 9.69. The molecule has 2 aliphatic heterocycles. The molecular formula is C23H42N2O7. The molecule has 0 aliphatic carbocycles. The highest BCUT2D eigenvalue weighted by Crippen LogP contribution is 2.35. The number of carbonyl (C=O) groups is 3. The maximum atomic E-state index is 12.2. The van der Waals surface area contributed by atoms with Crippen LogP contribution >= 0.6 is 0 Å². The predicted octanol–water partition coefficient (Wildman–Crippen LogP) is 1.59. The molecule has 0 bridgehead atoms. The Morgan fingerprint density at radius 1 is 0.844 bits per heavy atom. The van der Waals surface area contributed by atoms with Crippen LogP contribution in [0.2, 0.25) is 0 Å². The number of likely N-dealkylation sites (tertiary alicyclic amines) is 2. The summed E-state index contributed by atoms with van der Waals surface area (Å²) in [4.78, 5) is 39.1. The third kappa shape index (κ3) is 6.65. The van der Waals surface area contributed by atoms with E-state index in [1.165, 1.54) is 14.2 Å². The van der Waals surface area contributed by atoms with Gasteiger partial charge < -0.3 is 23.8 Å². The molecule has 9 nitrogen and oxygen atoms in total. The Bertz CT molecular complexity index is 656. The fourth-order valence-corrected chi connectivity index (χ4v) is 4.69. The maximum Gasteiger partial charge on any atom is 0.310 e. The van der Waals surface area contributed by atoms with Crippen molar-refractivity contribution in [2.75, 3.05) is 61.8 Å². The number of ether oxygens (including phenoxy) is 4.